The maximum absolute atomic E-state index is 12.1. The van der Waals surface area contributed by atoms with Crippen LogP contribution in [0.3, 0.4) is 0 Å². The summed E-state index contributed by atoms with van der Waals surface area (Å²) in [6, 6.07) is 16.6. The van der Waals surface area contributed by atoms with E-state index in [2.05, 4.69) is 10.6 Å². The van der Waals surface area contributed by atoms with Crippen LogP contribution in [-0.2, 0) is 11.3 Å². The second-order valence-electron chi connectivity index (χ2n) is 4.65. The Morgan fingerprint density at radius 3 is 2.48 bits per heavy atom. The van der Waals surface area contributed by atoms with Crippen molar-refractivity contribution in [3.05, 3.63) is 65.7 Å². The largest absolute Gasteiger partial charge is 0.348 e. The molecule has 0 atom stereocenters. The van der Waals surface area contributed by atoms with Gasteiger partial charge in [0, 0.05) is 24.2 Å². The molecule has 4 nitrogen and oxygen atoms in total. The first-order valence-electron chi connectivity index (χ1n) is 6.91. The highest BCUT2D eigenvalue weighted by Crippen LogP contribution is 2.11. The molecular formula is C17H18N2O2. The predicted molar refractivity (Wildman–Crippen MR) is 83.0 cm³/mol. The van der Waals surface area contributed by atoms with Crippen molar-refractivity contribution in [1.82, 2.24) is 5.32 Å². The van der Waals surface area contributed by atoms with Gasteiger partial charge in [-0.15, -0.1) is 0 Å². The zero-order valence-corrected chi connectivity index (χ0v) is 11.9. The molecule has 0 unspecified atom stereocenters. The lowest BCUT2D eigenvalue weighted by atomic mass is 10.1. The van der Waals surface area contributed by atoms with Crippen LogP contribution in [0.4, 0.5) is 5.69 Å². The summed E-state index contributed by atoms with van der Waals surface area (Å²) in [7, 11) is 0. The molecule has 2 amide bonds. The summed E-state index contributed by atoms with van der Waals surface area (Å²) in [5.74, 6) is -0.233. The second-order valence-corrected chi connectivity index (χ2v) is 4.65. The molecule has 108 valence electrons. The van der Waals surface area contributed by atoms with Gasteiger partial charge in [-0.3, -0.25) is 9.59 Å². The molecule has 0 aliphatic rings. The number of rotatable bonds is 5. The van der Waals surface area contributed by atoms with Crippen LogP contribution in [-0.4, -0.2) is 11.8 Å². The Morgan fingerprint density at radius 1 is 1.00 bits per heavy atom. The van der Waals surface area contributed by atoms with Crippen LogP contribution in [0.2, 0.25) is 0 Å². The molecule has 0 saturated heterocycles. The van der Waals surface area contributed by atoms with E-state index in [1.165, 1.54) is 0 Å². The zero-order chi connectivity index (χ0) is 15.1. The van der Waals surface area contributed by atoms with E-state index in [1.807, 2.05) is 30.3 Å². The number of hydrogen-bond donors (Lipinski definition) is 2. The fourth-order valence-corrected chi connectivity index (χ4v) is 1.87. The van der Waals surface area contributed by atoms with Gasteiger partial charge in [-0.25, -0.2) is 0 Å². The van der Waals surface area contributed by atoms with Gasteiger partial charge in [-0.2, -0.15) is 0 Å². The summed E-state index contributed by atoms with van der Waals surface area (Å²) < 4.78 is 0. The lowest BCUT2D eigenvalue weighted by Gasteiger charge is -2.08. The summed E-state index contributed by atoms with van der Waals surface area (Å²) in [4.78, 5) is 23.5. The van der Waals surface area contributed by atoms with E-state index in [1.54, 1.807) is 31.2 Å². The normalized spacial score (nSPS) is 9.95. The van der Waals surface area contributed by atoms with Gasteiger partial charge in [0.25, 0.3) is 5.91 Å². The first kappa shape index (κ1) is 14.8. The standard InChI is InChI=1S/C17H18N2O2/c1-2-16(20)19-15-10-6-9-14(11-15)17(21)18-12-13-7-4-3-5-8-13/h3-11H,2,12H2,1H3,(H,18,21)(H,19,20). The molecule has 2 rings (SSSR count). The minimum absolute atomic E-state index is 0.0724. The van der Waals surface area contributed by atoms with Gasteiger partial charge in [-0.05, 0) is 23.8 Å². The monoisotopic (exact) mass is 282 g/mol. The summed E-state index contributed by atoms with van der Waals surface area (Å²) >= 11 is 0. The van der Waals surface area contributed by atoms with E-state index in [0.29, 0.717) is 24.2 Å². The third-order valence-corrected chi connectivity index (χ3v) is 3.03. The van der Waals surface area contributed by atoms with Gasteiger partial charge < -0.3 is 10.6 Å². The second kappa shape index (κ2) is 7.24. The first-order chi connectivity index (χ1) is 10.2. The summed E-state index contributed by atoms with van der Waals surface area (Å²) in [5, 5.41) is 5.60. The number of anilines is 1. The van der Waals surface area contributed by atoms with Crippen molar-refractivity contribution in [2.24, 2.45) is 0 Å². The SMILES string of the molecule is CCC(=O)Nc1cccc(C(=O)NCc2ccccc2)c1. The van der Waals surface area contributed by atoms with E-state index < -0.39 is 0 Å². The first-order valence-corrected chi connectivity index (χ1v) is 6.91. The molecule has 4 heteroatoms. The van der Waals surface area contributed by atoms with Crippen molar-refractivity contribution in [2.45, 2.75) is 19.9 Å². The van der Waals surface area contributed by atoms with Crippen LogP contribution in [0, 0.1) is 0 Å². The summed E-state index contributed by atoms with van der Waals surface area (Å²) in [6.07, 6.45) is 0.407. The molecule has 2 N–H and O–H groups in total. The number of benzene rings is 2. The Hall–Kier alpha value is -2.62. The van der Waals surface area contributed by atoms with Crippen LogP contribution < -0.4 is 10.6 Å². The van der Waals surface area contributed by atoms with Crippen molar-refractivity contribution >= 4 is 17.5 Å². The van der Waals surface area contributed by atoms with Gasteiger partial charge in [0.05, 0.1) is 0 Å². The number of nitrogens with one attached hydrogen (secondary N) is 2. The number of carbonyl (C=O) groups is 2. The third kappa shape index (κ3) is 4.45. The van der Waals surface area contributed by atoms with Crippen molar-refractivity contribution in [3.8, 4) is 0 Å². The molecule has 0 heterocycles. The minimum Gasteiger partial charge on any atom is -0.348 e. The Labute approximate surface area is 124 Å². The molecule has 0 aliphatic carbocycles. The highest BCUT2D eigenvalue weighted by molar-refractivity contribution is 5.97. The number of amides is 2. The van der Waals surface area contributed by atoms with Crippen LogP contribution in [0.25, 0.3) is 0 Å². The summed E-state index contributed by atoms with van der Waals surface area (Å²) in [5.41, 5.74) is 2.20. The van der Waals surface area contributed by atoms with Gasteiger partial charge >= 0.3 is 0 Å². The molecular weight excluding hydrogens is 264 g/mol. The van der Waals surface area contributed by atoms with Crippen molar-refractivity contribution in [3.63, 3.8) is 0 Å². The molecule has 0 spiro atoms. The van der Waals surface area contributed by atoms with E-state index in [-0.39, 0.29) is 11.8 Å². The third-order valence-electron chi connectivity index (χ3n) is 3.03. The molecule has 2 aromatic carbocycles. The highest BCUT2D eigenvalue weighted by Gasteiger charge is 2.07. The van der Waals surface area contributed by atoms with Gasteiger partial charge in [-0.1, -0.05) is 43.3 Å². The lowest BCUT2D eigenvalue weighted by Crippen LogP contribution is -2.23. The molecule has 21 heavy (non-hydrogen) atoms. The van der Waals surface area contributed by atoms with E-state index in [9.17, 15) is 9.59 Å². The van der Waals surface area contributed by atoms with E-state index in [0.717, 1.165) is 5.56 Å². The molecule has 0 radical (unpaired) electrons. The van der Waals surface area contributed by atoms with Crippen molar-refractivity contribution in [2.75, 3.05) is 5.32 Å². The van der Waals surface area contributed by atoms with Crippen LogP contribution >= 0.6 is 0 Å². The van der Waals surface area contributed by atoms with Crippen LogP contribution in [0.5, 0.6) is 0 Å². The average Bonchev–Trinajstić information content (AvgIpc) is 2.53. The highest BCUT2D eigenvalue weighted by atomic mass is 16.2. The molecule has 0 saturated carbocycles. The van der Waals surface area contributed by atoms with E-state index >= 15 is 0 Å². The quantitative estimate of drug-likeness (QED) is 0.885. The van der Waals surface area contributed by atoms with Gasteiger partial charge in [0.15, 0.2) is 0 Å². The lowest BCUT2D eigenvalue weighted by molar-refractivity contribution is -0.115. The Kier molecular flexibility index (Phi) is 5.10. The maximum Gasteiger partial charge on any atom is 0.251 e. The number of hydrogen-bond acceptors (Lipinski definition) is 2. The van der Waals surface area contributed by atoms with Crippen molar-refractivity contribution in [1.29, 1.82) is 0 Å². The smallest absolute Gasteiger partial charge is 0.251 e. The fourth-order valence-electron chi connectivity index (χ4n) is 1.87. The fraction of sp³-hybridized carbons (Fsp3) is 0.176. The zero-order valence-electron chi connectivity index (χ0n) is 11.9. The number of carbonyl (C=O) groups excluding carboxylic acids is 2. The Morgan fingerprint density at radius 2 is 1.76 bits per heavy atom. The average molecular weight is 282 g/mol. The van der Waals surface area contributed by atoms with Crippen LogP contribution in [0.15, 0.2) is 54.6 Å². The maximum atomic E-state index is 12.1. The topological polar surface area (TPSA) is 58.2 Å². The summed E-state index contributed by atoms with van der Waals surface area (Å²) in [6.45, 7) is 2.26. The van der Waals surface area contributed by atoms with Gasteiger partial charge in [0.1, 0.15) is 0 Å². The van der Waals surface area contributed by atoms with Crippen molar-refractivity contribution < 1.29 is 9.59 Å². The molecule has 0 aliphatic heterocycles. The van der Waals surface area contributed by atoms with Crippen LogP contribution in [0.1, 0.15) is 29.3 Å². The molecule has 0 fully saturated rings. The van der Waals surface area contributed by atoms with Gasteiger partial charge in [0.2, 0.25) is 5.91 Å². The molecule has 0 aromatic heterocycles. The molecule has 0 bridgehead atoms. The minimum atomic E-state index is -0.161. The Balaban J connectivity index is 1.99. The molecule has 2 aromatic rings. The predicted octanol–water partition coefficient (Wildman–Crippen LogP) is 2.97. The van der Waals surface area contributed by atoms with E-state index in [4.69, 9.17) is 0 Å². The Bertz CT molecular complexity index is 624.